The second-order valence-electron chi connectivity index (χ2n) is 7.54. The Bertz CT molecular complexity index is 973. The molecule has 1 aliphatic heterocycles. The van der Waals surface area contributed by atoms with Crippen molar-refractivity contribution in [2.24, 2.45) is 5.92 Å². The molecule has 0 radical (unpaired) electrons. The minimum absolute atomic E-state index is 0.114. The van der Waals surface area contributed by atoms with Gasteiger partial charge in [-0.1, -0.05) is 23.7 Å². The van der Waals surface area contributed by atoms with Gasteiger partial charge < -0.3 is 4.90 Å². The fraction of sp³-hybridized carbons (Fsp3) is 0.364. The van der Waals surface area contributed by atoms with E-state index < -0.39 is 17.7 Å². The van der Waals surface area contributed by atoms with Gasteiger partial charge in [-0.2, -0.15) is 13.2 Å². The van der Waals surface area contributed by atoms with Gasteiger partial charge in [-0.15, -0.1) is 0 Å². The van der Waals surface area contributed by atoms with Gasteiger partial charge in [-0.25, -0.2) is 0 Å². The van der Waals surface area contributed by atoms with Crippen LogP contribution in [0.2, 0.25) is 0 Å². The molecule has 7 heteroatoms. The zero-order chi connectivity index (χ0) is 20.9. The van der Waals surface area contributed by atoms with Gasteiger partial charge in [0.25, 0.3) is 0 Å². The van der Waals surface area contributed by atoms with Crippen LogP contribution in [0.4, 0.5) is 13.2 Å². The molecule has 1 heterocycles. The number of ketones is 2. The number of alkyl halides is 3. The Morgan fingerprint density at radius 2 is 1.76 bits per heavy atom. The van der Waals surface area contributed by atoms with Crippen molar-refractivity contribution >= 4 is 23.2 Å². The lowest BCUT2D eigenvalue weighted by Gasteiger charge is -2.42. The van der Waals surface area contributed by atoms with Gasteiger partial charge in [0, 0.05) is 29.4 Å². The molecule has 2 aliphatic carbocycles. The van der Waals surface area contributed by atoms with E-state index in [1.54, 1.807) is 6.08 Å². The second-order valence-corrected chi connectivity index (χ2v) is 8.03. The third-order valence-corrected chi connectivity index (χ3v) is 6.14. The molecule has 0 amide bonds. The van der Waals surface area contributed by atoms with Crippen molar-refractivity contribution < 1.29 is 22.8 Å². The fourth-order valence-corrected chi connectivity index (χ4v) is 4.68. The minimum atomic E-state index is -4.40. The number of benzene rings is 1. The Hall–Kier alpha value is -2.34. The Morgan fingerprint density at radius 1 is 1.07 bits per heavy atom. The molecule has 0 N–H and O–H groups in total. The molecule has 152 valence electrons. The van der Waals surface area contributed by atoms with E-state index in [2.05, 4.69) is 0 Å². The SMILES string of the molecule is CCN1C2=CC=C(Cl)CC2C(=O)C2=C1CC(c1ccc(C(F)(F)F)cc1)CC2=O. The normalized spacial score (nSPS) is 24.8. The van der Waals surface area contributed by atoms with Crippen molar-refractivity contribution in [2.45, 2.75) is 38.3 Å². The van der Waals surface area contributed by atoms with E-state index in [1.807, 2.05) is 17.9 Å². The van der Waals surface area contributed by atoms with Gasteiger partial charge in [0.2, 0.25) is 0 Å². The monoisotopic (exact) mass is 421 g/mol. The highest BCUT2D eigenvalue weighted by molar-refractivity contribution is 6.30. The first-order valence-electron chi connectivity index (χ1n) is 9.52. The van der Waals surface area contributed by atoms with E-state index in [0.717, 1.165) is 17.8 Å². The highest BCUT2D eigenvalue weighted by Gasteiger charge is 2.44. The largest absolute Gasteiger partial charge is 0.416 e. The maximum absolute atomic E-state index is 13.1. The van der Waals surface area contributed by atoms with E-state index in [-0.39, 0.29) is 29.5 Å². The summed E-state index contributed by atoms with van der Waals surface area (Å²) in [6, 6.07) is 4.94. The van der Waals surface area contributed by atoms with E-state index in [1.165, 1.54) is 12.1 Å². The average Bonchev–Trinajstić information content (AvgIpc) is 2.68. The van der Waals surface area contributed by atoms with Gasteiger partial charge in [-0.05, 0) is 55.5 Å². The molecule has 3 aliphatic rings. The van der Waals surface area contributed by atoms with Gasteiger partial charge in [0.05, 0.1) is 17.1 Å². The Labute approximate surface area is 171 Å². The smallest absolute Gasteiger partial charge is 0.347 e. The van der Waals surface area contributed by atoms with Crippen LogP contribution in [0, 0.1) is 5.92 Å². The summed E-state index contributed by atoms with van der Waals surface area (Å²) in [4.78, 5) is 28.0. The molecule has 0 saturated heterocycles. The maximum Gasteiger partial charge on any atom is 0.416 e. The molecule has 1 aromatic rings. The molecular formula is C22H19ClF3NO2. The number of nitrogens with zero attached hydrogens (tertiary/aromatic N) is 1. The summed E-state index contributed by atoms with van der Waals surface area (Å²) in [5.41, 5.74) is 1.70. The van der Waals surface area contributed by atoms with Gasteiger partial charge in [0.15, 0.2) is 11.6 Å². The molecule has 0 aromatic heterocycles. The number of rotatable bonds is 2. The quantitative estimate of drug-likeness (QED) is 0.605. The second kappa shape index (κ2) is 7.17. The number of carbonyl (C=O) groups excluding carboxylic acids is 2. The van der Waals surface area contributed by atoms with Crippen LogP contribution in [0.3, 0.4) is 0 Å². The third-order valence-electron chi connectivity index (χ3n) is 5.86. The first kappa shape index (κ1) is 20.0. The van der Waals surface area contributed by atoms with E-state index >= 15 is 0 Å². The molecule has 4 rings (SSSR count). The maximum atomic E-state index is 13.1. The standard InChI is InChI=1S/C22H19ClF3NO2/c1-2-27-17-8-7-15(23)11-16(17)21(29)20-18(27)9-13(10-19(20)28)12-3-5-14(6-4-12)22(24,25)26/h3-8,13,16H,2,9-11H2,1H3. The lowest BCUT2D eigenvalue weighted by molar-refractivity contribution is -0.137. The third kappa shape index (κ3) is 3.44. The first-order chi connectivity index (χ1) is 13.7. The number of hydrogen-bond acceptors (Lipinski definition) is 3. The number of Topliss-reactive ketones (excluding diaryl/α,β-unsaturated/α-hetero) is 2. The van der Waals surface area contributed by atoms with E-state index in [9.17, 15) is 22.8 Å². The number of hydrogen-bond donors (Lipinski definition) is 0. The molecule has 0 fully saturated rings. The Morgan fingerprint density at radius 3 is 2.38 bits per heavy atom. The molecule has 1 aromatic carbocycles. The summed E-state index contributed by atoms with van der Waals surface area (Å²) < 4.78 is 38.5. The number of halogens is 4. The van der Waals surface area contributed by atoms with Gasteiger partial charge >= 0.3 is 6.18 Å². The number of carbonyl (C=O) groups is 2. The van der Waals surface area contributed by atoms with Crippen LogP contribution < -0.4 is 0 Å². The summed E-state index contributed by atoms with van der Waals surface area (Å²) in [6.45, 7) is 2.54. The lowest BCUT2D eigenvalue weighted by Crippen LogP contribution is -2.43. The van der Waals surface area contributed by atoms with Crippen molar-refractivity contribution in [3.8, 4) is 0 Å². The Kier molecular flexibility index (Phi) is 4.93. The predicted octanol–water partition coefficient (Wildman–Crippen LogP) is 5.34. The van der Waals surface area contributed by atoms with Crippen LogP contribution in [0.1, 0.15) is 43.2 Å². The van der Waals surface area contributed by atoms with Crippen molar-refractivity contribution in [1.82, 2.24) is 4.90 Å². The van der Waals surface area contributed by atoms with Crippen molar-refractivity contribution in [3.63, 3.8) is 0 Å². The van der Waals surface area contributed by atoms with Gasteiger partial charge in [0.1, 0.15) is 0 Å². The van der Waals surface area contributed by atoms with E-state index in [0.29, 0.717) is 35.7 Å². The van der Waals surface area contributed by atoms with Crippen LogP contribution >= 0.6 is 11.6 Å². The highest BCUT2D eigenvalue weighted by atomic mass is 35.5. The first-order valence-corrected chi connectivity index (χ1v) is 9.90. The van der Waals surface area contributed by atoms with Crippen molar-refractivity contribution in [2.75, 3.05) is 6.54 Å². The van der Waals surface area contributed by atoms with Crippen LogP contribution in [0.15, 0.2) is 58.4 Å². The molecular weight excluding hydrogens is 403 g/mol. The van der Waals surface area contributed by atoms with Crippen LogP contribution in [0.25, 0.3) is 0 Å². The van der Waals surface area contributed by atoms with Crippen LogP contribution in [0.5, 0.6) is 0 Å². The zero-order valence-corrected chi connectivity index (χ0v) is 16.5. The van der Waals surface area contributed by atoms with Crippen molar-refractivity contribution in [3.05, 3.63) is 69.5 Å². The van der Waals surface area contributed by atoms with Crippen LogP contribution in [-0.4, -0.2) is 23.0 Å². The minimum Gasteiger partial charge on any atom is -0.347 e. The fourth-order valence-electron chi connectivity index (χ4n) is 4.47. The molecule has 0 spiro atoms. The van der Waals surface area contributed by atoms with Gasteiger partial charge in [-0.3, -0.25) is 9.59 Å². The summed E-state index contributed by atoms with van der Waals surface area (Å²) in [7, 11) is 0. The molecule has 0 bridgehead atoms. The van der Waals surface area contributed by atoms with E-state index in [4.69, 9.17) is 11.6 Å². The Balaban J connectivity index is 1.70. The summed E-state index contributed by atoms with van der Waals surface area (Å²) >= 11 is 6.12. The van der Waals surface area contributed by atoms with Crippen LogP contribution in [-0.2, 0) is 15.8 Å². The summed E-state index contributed by atoms with van der Waals surface area (Å²) in [5, 5.41) is 0.582. The topological polar surface area (TPSA) is 37.4 Å². The summed E-state index contributed by atoms with van der Waals surface area (Å²) in [6.07, 6.45) is 0.134. The number of allylic oxidation sites excluding steroid dienone is 6. The van der Waals surface area contributed by atoms with Crippen molar-refractivity contribution in [1.29, 1.82) is 0 Å². The molecule has 3 nitrogen and oxygen atoms in total. The molecule has 2 atom stereocenters. The zero-order valence-electron chi connectivity index (χ0n) is 15.7. The molecule has 29 heavy (non-hydrogen) atoms. The molecule has 0 saturated carbocycles. The average molecular weight is 422 g/mol. The number of fused-ring (bicyclic) bond motifs is 1. The molecule has 2 unspecified atom stereocenters. The lowest BCUT2D eigenvalue weighted by atomic mass is 9.74. The highest BCUT2D eigenvalue weighted by Crippen LogP contribution is 2.45. The predicted molar refractivity (Wildman–Crippen MR) is 103 cm³/mol. The summed E-state index contributed by atoms with van der Waals surface area (Å²) in [5.74, 6) is -1.15.